The standard InChI is InChI=1S/C43H58BF2N7O10S2/c1-7-9-14-59-35-29(45)19-28(32(46)36(35)60-15-10-8-2)37(55)47-25-17-26-11-12-27(18-25)53(26,6)21-24-20-52-39(57)34(40(52)64-22-24)49-38(56)33(51-61-16-13-31(54)63-44)30-23-65-41(48-30)50-42(58)62-43(3,4)5/h19-20,23,25-27,34,40H,7-18,21-22,44H2,1-6H3,(H2-,47,48,49,50,55,56,58)/p+1/b51-33-/t25-,26+,27-,34-,40-,53+/m1/s1. The lowest BCUT2D eigenvalue weighted by Crippen LogP contribution is -2.69. The molecule has 4 amide bonds. The number of likely N-dealkylation sites (N-methyl/N-ethyl adjacent to an activating group) is 1. The van der Waals surface area contributed by atoms with Crippen molar-refractivity contribution in [3.8, 4) is 11.5 Å². The first-order valence-electron chi connectivity index (χ1n) is 22.1. The smallest absolute Gasteiger partial charge is 0.413 e. The lowest BCUT2D eigenvalue weighted by Gasteiger charge is -2.50. The zero-order valence-corrected chi connectivity index (χ0v) is 39.6. The van der Waals surface area contributed by atoms with E-state index in [1.54, 1.807) is 25.7 Å². The van der Waals surface area contributed by atoms with Crippen molar-refractivity contribution in [3.05, 3.63) is 46.1 Å². The summed E-state index contributed by atoms with van der Waals surface area (Å²) in [5, 5.41) is 13.5. The van der Waals surface area contributed by atoms with Crippen LogP contribution in [-0.4, -0.2) is 132 Å². The molecule has 2 bridgehead atoms. The van der Waals surface area contributed by atoms with Gasteiger partial charge in [0, 0.05) is 54.6 Å². The molecule has 5 heterocycles. The number of benzene rings is 1. The number of nitrogens with one attached hydrogen (secondary N) is 3. The number of aromatic nitrogens is 1. The largest absolute Gasteiger partial charge is 0.543 e. The number of carbonyl (C=O) groups is 5. The van der Waals surface area contributed by atoms with Crippen LogP contribution in [0.2, 0.25) is 0 Å². The van der Waals surface area contributed by atoms with Crippen LogP contribution < -0.4 is 25.4 Å². The molecule has 6 atom stereocenters. The van der Waals surface area contributed by atoms with Crippen LogP contribution in [0.3, 0.4) is 0 Å². The molecule has 0 unspecified atom stereocenters. The molecule has 0 radical (unpaired) electrons. The van der Waals surface area contributed by atoms with Crippen molar-refractivity contribution in [1.82, 2.24) is 20.5 Å². The van der Waals surface area contributed by atoms with Gasteiger partial charge in [0.2, 0.25) is 5.75 Å². The van der Waals surface area contributed by atoms with Crippen LogP contribution in [0.15, 0.2) is 28.4 Å². The Hall–Kier alpha value is -4.96. The number of thioether (sulfide) groups is 1. The molecular weight excluding hydrogens is 887 g/mol. The number of ether oxygens (including phenoxy) is 3. The number of hydrogen-bond donors (Lipinski definition) is 3. The summed E-state index contributed by atoms with van der Waals surface area (Å²) in [5.41, 5.74) is -0.300. The van der Waals surface area contributed by atoms with Gasteiger partial charge in [-0.3, -0.25) is 24.5 Å². The van der Waals surface area contributed by atoms with Gasteiger partial charge in [-0.2, -0.15) is 0 Å². The van der Waals surface area contributed by atoms with Gasteiger partial charge in [0.15, 0.2) is 28.2 Å². The van der Waals surface area contributed by atoms with Crippen LogP contribution in [0, 0.1) is 11.6 Å². The molecule has 4 aliphatic rings. The molecule has 4 aliphatic heterocycles. The highest BCUT2D eigenvalue weighted by Gasteiger charge is 2.54. The minimum Gasteiger partial charge on any atom is -0.543 e. The number of amides is 4. The fraction of sp³-hybridized carbons (Fsp3) is 0.605. The highest BCUT2D eigenvalue weighted by Crippen LogP contribution is 2.44. The first-order chi connectivity index (χ1) is 31.0. The van der Waals surface area contributed by atoms with E-state index in [9.17, 15) is 24.0 Å². The topological polar surface area (TPSA) is 196 Å². The molecule has 3 fully saturated rings. The van der Waals surface area contributed by atoms with E-state index < -0.39 is 52.7 Å². The van der Waals surface area contributed by atoms with E-state index in [1.807, 2.05) is 20.0 Å². The number of rotatable bonds is 20. The van der Waals surface area contributed by atoms with Crippen molar-refractivity contribution in [2.75, 3.05) is 44.5 Å². The van der Waals surface area contributed by atoms with Crippen molar-refractivity contribution in [2.45, 2.75) is 128 Å². The number of hydrogen-bond acceptors (Lipinski definition) is 14. The minimum absolute atomic E-state index is 0.0678. The number of piperidine rings is 1. The molecule has 0 spiro atoms. The lowest BCUT2D eigenvalue weighted by molar-refractivity contribution is -0.944. The van der Waals surface area contributed by atoms with Crippen molar-refractivity contribution in [1.29, 1.82) is 0 Å². The number of halogens is 2. The number of fused-ring (bicyclic) bond motifs is 3. The van der Waals surface area contributed by atoms with Crippen LogP contribution in [0.4, 0.5) is 18.7 Å². The van der Waals surface area contributed by atoms with Gasteiger partial charge in [-0.05, 0) is 39.7 Å². The fourth-order valence-electron chi connectivity index (χ4n) is 8.50. The Labute approximate surface area is 386 Å². The number of anilines is 1. The Bertz CT molecular complexity index is 2160. The van der Waals surface area contributed by atoms with E-state index in [2.05, 4.69) is 37.8 Å². The van der Waals surface area contributed by atoms with Crippen LogP contribution in [0.5, 0.6) is 11.5 Å². The first-order valence-corrected chi connectivity index (χ1v) is 24.0. The van der Waals surface area contributed by atoms with Crippen molar-refractivity contribution >= 4 is 71.8 Å². The quantitative estimate of drug-likeness (QED) is 0.0394. The molecule has 3 N–H and O–H groups in total. The molecule has 1 aromatic carbocycles. The number of carbonyl (C=O) groups excluding carboxylic acids is 5. The van der Waals surface area contributed by atoms with Crippen LogP contribution in [0.1, 0.15) is 108 Å². The van der Waals surface area contributed by atoms with E-state index in [4.69, 9.17) is 19.0 Å². The zero-order chi connectivity index (χ0) is 47.1. The first kappa shape index (κ1) is 49.5. The third-order valence-corrected chi connectivity index (χ3v) is 14.0. The Kier molecular flexibility index (Phi) is 16.4. The minimum atomic E-state index is -0.939. The average molecular weight is 947 g/mol. The second kappa shape index (κ2) is 21.6. The van der Waals surface area contributed by atoms with E-state index in [0.29, 0.717) is 38.0 Å². The molecule has 0 saturated carbocycles. The monoisotopic (exact) mass is 946 g/mol. The predicted octanol–water partition coefficient (Wildman–Crippen LogP) is 5.18. The summed E-state index contributed by atoms with van der Waals surface area (Å²) in [5.74, 6) is -4.14. The molecule has 17 nitrogen and oxygen atoms in total. The summed E-state index contributed by atoms with van der Waals surface area (Å²) in [4.78, 5) is 76.1. The normalized spacial score (nSPS) is 23.7. The van der Waals surface area contributed by atoms with Gasteiger partial charge < -0.3 is 43.7 Å². The summed E-state index contributed by atoms with van der Waals surface area (Å²) in [6.07, 6.45) is 7.05. The van der Waals surface area contributed by atoms with Gasteiger partial charge >= 0.3 is 14.1 Å². The number of β-lactam (4-membered cyclic amide) rings is 1. The second-order valence-electron chi connectivity index (χ2n) is 17.8. The SMILES string of the molecule is BOC(=O)CCO/N=C(\C(=O)N[C@@H]1C(=O)N2C=C(C[N@+]3(C)[C@@H]4CC[C@H]3C[C@@H](NC(=O)c3cc(F)c(OCCCC)c(OCCCC)c3F)C4)CS[C@H]12)c1csc(NC(=O)OC(C)(C)C)n1. The summed E-state index contributed by atoms with van der Waals surface area (Å²) in [6, 6.07) is 0.145. The molecular formula is C43H59BF2N7O10S2+. The predicted molar refractivity (Wildman–Crippen MR) is 242 cm³/mol. The number of nitrogens with zero attached hydrogens (tertiary/aromatic N) is 4. The van der Waals surface area contributed by atoms with Gasteiger partial charge in [0.1, 0.15) is 35.9 Å². The summed E-state index contributed by atoms with van der Waals surface area (Å²) >= 11 is 2.56. The lowest BCUT2D eigenvalue weighted by atomic mass is 9.93. The van der Waals surface area contributed by atoms with E-state index in [1.165, 1.54) is 25.2 Å². The highest BCUT2D eigenvalue weighted by molar-refractivity contribution is 8.00. The Morgan fingerprint density at radius 2 is 1.69 bits per heavy atom. The van der Waals surface area contributed by atoms with Crippen LogP contribution >= 0.6 is 23.1 Å². The summed E-state index contributed by atoms with van der Waals surface area (Å²) < 4.78 is 53.2. The van der Waals surface area contributed by atoms with Crippen molar-refractivity contribution < 1.29 is 60.9 Å². The van der Waals surface area contributed by atoms with Crippen LogP contribution in [0.25, 0.3) is 0 Å². The van der Waals surface area contributed by atoms with E-state index in [-0.39, 0.29) is 83.7 Å². The van der Waals surface area contributed by atoms with Crippen molar-refractivity contribution in [3.63, 3.8) is 0 Å². The Morgan fingerprint density at radius 1 is 1.02 bits per heavy atom. The number of unbranched alkanes of at least 4 members (excludes halogenated alkanes) is 2. The van der Waals surface area contributed by atoms with Gasteiger partial charge in [-0.25, -0.2) is 18.6 Å². The molecule has 1 aromatic heterocycles. The third kappa shape index (κ3) is 11.9. The zero-order valence-electron chi connectivity index (χ0n) is 38.0. The molecule has 22 heteroatoms. The number of oxime groups is 1. The molecule has 0 aliphatic carbocycles. The Morgan fingerprint density at radius 3 is 2.34 bits per heavy atom. The van der Waals surface area contributed by atoms with Gasteiger partial charge in [-0.15, -0.1) is 23.1 Å². The highest BCUT2D eigenvalue weighted by atomic mass is 32.2. The molecule has 3 saturated heterocycles. The van der Waals surface area contributed by atoms with Gasteiger partial charge in [-0.1, -0.05) is 31.8 Å². The van der Waals surface area contributed by atoms with Crippen LogP contribution in [-0.2, 0) is 28.6 Å². The van der Waals surface area contributed by atoms with E-state index in [0.717, 1.165) is 53.1 Å². The maximum Gasteiger partial charge on any atom is 0.413 e. The third-order valence-electron chi connectivity index (χ3n) is 11.8. The molecule has 2 aromatic rings. The average Bonchev–Trinajstić information content (AvgIpc) is 3.74. The van der Waals surface area contributed by atoms with Crippen molar-refractivity contribution in [2.24, 2.45) is 5.16 Å². The molecule has 65 heavy (non-hydrogen) atoms. The van der Waals surface area contributed by atoms with Gasteiger partial charge in [0.25, 0.3) is 23.7 Å². The molecule has 354 valence electrons. The number of quaternary nitrogens is 1. The fourth-order valence-corrected chi connectivity index (χ4v) is 10.4. The Balaban J connectivity index is 1.07. The van der Waals surface area contributed by atoms with E-state index >= 15 is 8.78 Å². The second-order valence-corrected chi connectivity index (χ2v) is 19.7. The maximum atomic E-state index is 15.9. The molecule has 6 rings (SSSR count). The number of thiazole rings is 1. The maximum absolute atomic E-state index is 15.9. The summed E-state index contributed by atoms with van der Waals surface area (Å²) in [7, 11) is 3.44. The summed E-state index contributed by atoms with van der Waals surface area (Å²) in [6.45, 7) is 9.91. The van der Waals surface area contributed by atoms with Gasteiger partial charge in [0.05, 0.1) is 44.3 Å².